The van der Waals surface area contributed by atoms with Crippen molar-refractivity contribution in [3.63, 3.8) is 0 Å². The molecule has 1 aromatic heterocycles. The van der Waals surface area contributed by atoms with Gasteiger partial charge in [-0.05, 0) is 39.5 Å². The molecule has 1 aromatic rings. The fourth-order valence-corrected chi connectivity index (χ4v) is 3.62. The van der Waals surface area contributed by atoms with Gasteiger partial charge in [-0.1, -0.05) is 0 Å². The van der Waals surface area contributed by atoms with Crippen LogP contribution in [0.25, 0.3) is 0 Å². The molecule has 1 aliphatic rings. The SMILES string of the molecule is CCn1cc(S(=O)(=O)NC(C)(C)C2CC2)c(N)n1. The molecule has 0 aliphatic heterocycles. The summed E-state index contributed by atoms with van der Waals surface area (Å²) in [6.45, 7) is 6.28. The van der Waals surface area contributed by atoms with Crippen LogP contribution in [0.4, 0.5) is 5.82 Å². The lowest BCUT2D eigenvalue weighted by Crippen LogP contribution is -2.45. The summed E-state index contributed by atoms with van der Waals surface area (Å²) in [6.07, 6.45) is 3.61. The Labute approximate surface area is 108 Å². The van der Waals surface area contributed by atoms with Crippen LogP contribution in [-0.2, 0) is 16.6 Å². The third-order valence-corrected chi connectivity index (χ3v) is 5.05. The minimum atomic E-state index is -3.60. The number of nitrogens with two attached hydrogens (primary N) is 1. The third-order valence-electron chi connectivity index (χ3n) is 3.36. The Hall–Kier alpha value is -1.08. The fraction of sp³-hybridized carbons (Fsp3) is 0.727. The van der Waals surface area contributed by atoms with Crippen molar-refractivity contribution < 1.29 is 8.42 Å². The van der Waals surface area contributed by atoms with Gasteiger partial charge in [-0.15, -0.1) is 0 Å². The van der Waals surface area contributed by atoms with E-state index in [0.29, 0.717) is 12.5 Å². The predicted molar refractivity (Wildman–Crippen MR) is 69.4 cm³/mol. The van der Waals surface area contributed by atoms with Gasteiger partial charge >= 0.3 is 0 Å². The molecule has 6 nitrogen and oxygen atoms in total. The fourth-order valence-electron chi connectivity index (χ4n) is 2.08. The molecular formula is C11H20N4O2S. The molecule has 0 amide bonds. The van der Waals surface area contributed by atoms with Crippen molar-refractivity contribution in [3.05, 3.63) is 6.20 Å². The number of hydrogen-bond acceptors (Lipinski definition) is 4. The highest BCUT2D eigenvalue weighted by molar-refractivity contribution is 7.89. The number of aromatic nitrogens is 2. The molecule has 0 saturated heterocycles. The largest absolute Gasteiger partial charge is 0.381 e. The first-order valence-electron chi connectivity index (χ1n) is 6.13. The first-order chi connectivity index (χ1) is 8.26. The average Bonchev–Trinajstić information content (AvgIpc) is 3.01. The van der Waals surface area contributed by atoms with Gasteiger partial charge in [-0.25, -0.2) is 13.1 Å². The van der Waals surface area contributed by atoms with Gasteiger partial charge in [0.25, 0.3) is 0 Å². The second-order valence-corrected chi connectivity index (χ2v) is 6.99. The predicted octanol–water partition coefficient (Wildman–Crippen LogP) is 0.952. The molecule has 2 rings (SSSR count). The van der Waals surface area contributed by atoms with E-state index in [-0.39, 0.29) is 10.7 Å². The zero-order valence-corrected chi connectivity index (χ0v) is 11.8. The molecule has 1 saturated carbocycles. The summed E-state index contributed by atoms with van der Waals surface area (Å²) in [6, 6.07) is 0. The van der Waals surface area contributed by atoms with Gasteiger partial charge in [0.15, 0.2) is 5.82 Å². The maximum atomic E-state index is 12.3. The number of anilines is 1. The number of hydrogen-bond donors (Lipinski definition) is 2. The number of nitrogens with zero attached hydrogens (tertiary/aromatic N) is 2. The van der Waals surface area contributed by atoms with Crippen molar-refractivity contribution in [2.24, 2.45) is 5.92 Å². The van der Waals surface area contributed by atoms with Crippen LogP contribution in [0.5, 0.6) is 0 Å². The summed E-state index contributed by atoms with van der Waals surface area (Å²) in [7, 11) is -3.60. The Kier molecular flexibility index (Phi) is 3.14. The zero-order chi connectivity index (χ0) is 13.6. The van der Waals surface area contributed by atoms with Gasteiger partial charge in [-0.2, -0.15) is 5.10 Å². The van der Waals surface area contributed by atoms with E-state index in [1.165, 1.54) is 10.9 Å². The van der Waals surface area contributed by atoms with E-state index in [1.807, 2.05) is 20.8 Å². The molecule has 0 bridgehead atoms. The minimum Gasteiger partial charge on any atom is -0.381 e. The van der Waals surface area contributed by atoms with E-state index in [1.54, 1.807) is 0 Å². The van der Waals surface area contributed by atoms with Gasteiger partial charge < -0.3 is 5.73 Å². The number of sulfonamides is 1. The van der Waals surface area contributed by atoms with Crippen molar-refractivity contribution in [3.8, 4) is 0 Å². The van der Waals surface area contributed by atoms with Crippen molar-refractivity contribution in [1.29, 1.82) is 0 Å². The van der Waals surface area contributed by atoms with E-state index in [4.69, 9.17) is 5.73 Å². The summed E-state index contributed by atoms with van der Waals surface area (Å²) in [5.74, 6) is 0.464. The van der Waals surface area contributed by atoms with Crippen LogP contribution in [0.3, 0.4) is 0 Å². The summed E-state index contributed by atoms with van der Waals surface area (Å²) >= 11 is 0. The van der Waals surface area contributed by atoms with Gasteiger partial charge in [0, 0.05) is 18.3 Å². The van der Waals surface area contributed by atoms with Gasteiger partial charge in [0.05, 0.1) is 0 Å². The second kappa shape index (κ2) is 4.24. The van der Waals surface area contributed by atoms with Crippen LogP contribution < -0.4 is 10.5 Å². The number of nitrogen functional groups attached to an aromatic ring is 1. The first-order valence-corrected chi connectivity index (χ1v) is 7.61. The van der Waals surface area contributed by atoms with Crippen LogP contribution >= 0.6 is 0 Å². The molecule has 1 aliphatic carbocycles. The van der Waals surface area contributed by atoms with Crippen molar-refractivity contribution in [2.75, 3.05) is 5.73 Å². The molecule has 1 fully saturated rings. The highest BCUT2D eigenvalue weighted by atomic mass is 32.2. The smallest absolute Gasteiger partial charge is 0.246 e. The summed E-state index contributed by atoms with van der Waals surface area (Å²) < 4.78 is 28.8. The normalized spacial score (nSPS) is 17.1. The molecule has 18 heavy (non-hydrogen) atoms. The Bertz CT molecular complexity index is 543. The molecule has 0 unspecified atom stereocenters. The Morgan fingerprint density at radius 3 is 2.61 bits per heavy atom. The standard InChI is InChI=1S/C11H20N4O2S/c1-4-15-7-9(10(12)13-15)18(16,17)14-11(2,3)8-5-6-8/h7-8,14H,4-6H2,1-3H3,(H2,12,13). The van der Waals surface area contributed by atoms with Crippen molar-refractivity contribution in [2.45, 2.75) is 50.6 Å². The quantitative estimate of drug-likeness (QED) is 0.835. The molecule has 0 spiro atoms. The van der Waals surface area contributed by atoms with Crippen molar-refractivity contribution >= 4 is 15.8 Å². The van der Waals surface area contributed by atoms with Crippen LogP contribution in [0.1, 0.15) is 33.6 Å². The molecule has 0 radical (unpaired) electrons. The van der Waals surface area contributed by atoms with Crippen LogP contribution in [0.15, 0.2) is 11.1 Å². The lowest BCUT2D eigenvalue weighted by atomic mass is 10.0. The lowest BCUT2D eigenvalue weighted by molar-refractivity contribution is 0.400. The van der Waals surface area contributed by atoms with Gasteiger partial charge in [-0.3, -0.25) is 4.68 Å². The number of aryl methyl sites for hydroxylation is 1. The van der Waals surface area contributed by atoms with E-state index < -0.39 is 15.6 Å². The molecule has 0 atom stereocenters. The Balaban J connectivity index is 2.27. The van der Waals surface area contributed by atoms with Crippen LogP contribution in [-0.4, -0.2) is 23.7 Å². The minimum absolute atomic E-state index is 0.0518. The number of rotatable bonds is 5. The second-order valence-electron chi connectivity index (χ2n) is 5.34. The molecular weight excluding hydrogens is 252 g/mol. The summed E-state index contributed by atoms with van der Waals surface area (Å²) in [4.78, 5) is 0.0677. The maximum Gasteiger partial charge on any atom is 0.246 e. The van der Waals surface area contributed by atoms with E-state index in [2.05, 4.69) is 9.82 Å². The van der Waals surface area contributed by atoms with E-state index >= 15 is 0 Å². The summed E-state index contributed by atoms with van der Waals surface area (Å²) in [5.41, 5.74) is 5.23. The molecule has 3 N–H and O–H groups in total. The molecule has 7 heteroatoms. The number of nitrogens with one attached hydrogen (secondary N) is 1. The lowest BCUT2D eigenvalue weighted by Gasteiger charge is -2.25. The Morgan fingerprint density at radius 2 is 2.17 bits per heavy atom. The van der Waals surface area contributed by atoms with E-state index in [9.17, 15) is 8.42 Å². The topological polar surface area (TPSA) is 90.0 Å². The van der Waals surface area contributed by atoms with Gasteiger partial charge in [0.1, 0.15) is 4.90 Å². The van der Waals surface area contributed by atoms with Gasteiger partial charge in [0.2, 0.25) is 10.0 Å². The first kappa shape index (κ1) is 13.4. The average molecular weight is 272 g/mol. The molecule has 102 valence electrons. The zero-order valence-electron chi connectivity index (χ0n) is 11.0. The third kappa shape index (κ3) is 2.51. The van der Waals surface area contributed by atoms with Crippen LogP contribution in [0.2, 0.25) is 0 Å². The maximum absolute atomic E-state index is 12.3. The molecule has 0 aromatic carbocycles. The Morgan fingerprint density at radius 1 is 1.56 bits per heavy atom. The van der Waals surface area contributed by atoms with Crippen LogP contribution in [0, 0.1) is 5.92 Å². The van der Waals surface area contributed by atoms with E-state index in [0.717, 1.165) is 12.8 Å². The molecule has 1 heterocycles. The highest BCUT2D eigenvalue weighted by Crippen LogP contribution is 2.40. The van der Waals surface area contributed by atoms with Crippen molar-refractivity contribution in [1.82, 2.24) is 14.5 Å². The highest BCUT2D eigenvalue weighted by Gasteiger charge is 2.41. The summed E-state index contributed by atoms with van der Waals surface area (Å²) in [5, 5.41) is 3.96. The monoisotopic (exact) mass is 272 g/mol.